The van der Waals surface area contributed by atoms with Crippen molar-refractivity contribution in [2.24, 2.45) is 0 Å². The molecule has 0 aromatic heterocycles. The molecule has 0 heterocycles. The molecule has 0 N–H and O–H groups in total. The number of carbonyl (C=O) groups is 1. The molecule has 0 rings (SSSR count). The Morgan fingerprint density at radius 2 is 1.14 bits per heavy atom. The Labute approximate surface area is 144 Å². The molecule has 0 radical (unpaired) electrons. The van der Waals surface area contributed by atoms with E-state index >= 15 is 0 Å². The minimum atomic E-state index is -2.69. The van der Waals surface area contributed by atoms with Crippen molar-refractivity contribution in [1.29, 1.82) is 0 Å². The van der Waals surface area contributed by atoms with Crippen LogP contribution < -0.4 is 0 Å². The van der Waals surface area contributed by atoms with Crippen LogP contribution in [0, 0.1) is 0 Å². The van der Waals surface area contributed by atoms with E-state index in [1.807, 2.05) is 0 Å². The van der Waals surface area contributed by atoms with E-state index in [-0.39, 0.29) is 5.97 Å². The second-order valence-electron chi connectivity index (χ2n) is 6.78. The van der Waals surface area contributed by atoms with Crippen molar-refractivity contribution in [3.63, 3.8) is 0 Å². The molecule has 0 aliphatic rings. The molecule has 0 fully saturated rings. The van der Waals surface area contributed by atoms with Gasteiger partial charge in [0.25, 0.3) is 0 Å². The topological polar surface area (TPSA) is 26.3 Å². The Hall–Kier alpha value is 0.269. The summed E-state index contributed by atoms with van der Waals surface area (Å²) in [4.78, 5) is 12.3. The van der Waals surface area contributed by atoms with Gasteiger partial charge >= 0.3 is 144 Å². The summed E-state index contributed by atoms with van der Waals surface area (Å²) < 4.78 is 10.1. The zero-order valence-electron chi connectivity index (χ0n) is 15.7. The molecular formula is C19H40O2Sn. The fourth-order valence-corrected chi connectivity index (χ4v) is 16.2. The quantitative estimate of drug-likeness (QED) is 0.215. The van der Waals surface area contributed by atoms with Gasteiger partial charge in [0, 0.05) is 0 Å². The monoisotopic (exact) mass is 420 g/mol. The summed E-state index contributed by atoms with van der Waals surface area (Å²) >= 11 is -2.69. The third-order valence-corrected chi connectivity index (χ3v) is 17.2. The normalized spacial score (nSPS) is 11.6. The molecule has 132 valence electrons. The number of rotatable bonds is 15. The predicted molar refractivity (Wildman–Crippen MR) is 99.8 cm³/mol. The molecule has 0 bridgehead atoms. The first-order chi connectivity index (χ1) is 10.6. The van der Waals surface area contributed by atoms with E-state index in [1.165, 1.54) is 71.1 Å². The van der Waals surface area contributed by atoms with Crippen molar-refractivity contribution in [1.82, 2.24) is 0 Å². The van der Waals surface area contributed by atoms with Gasteiger partial charge < -0.3 is 0 Å². The molecule has 0 saturated carbocycles. The van der Waals surface area contributed by atoms with E-state index in [1.54, 1.807) is 0 Å². The van der Waals surface area contributed by atoms with Gasteiger partial charge in [0.15, 0.2) is 0 Å². The summed E-state index contributed by atoms with van der Waals surface area (Å²) in [6.45, 7) is 8.97. The standard InChI is InChI=1S/C7H14O2.3C4H9.Sn/c1-2-3-4-5-6-7(8)9;3*1-3-4-2;/h2-6H2,1H3,(H,8,9);3*1,3-4H2,2H3;/q;;;;+1/p-1. The third kappa shape index (κ3) is 10.9. The van der Waals surface area contributed by atoms with Gasteiger partial charge in [-0.3, -0.25) is 0 Å². The molecule has 3 heteroatoms. The van der Waals surface area contributed by atoms with Gasteiger partial charge in [-0.25, -0.2) is 0 Å². The first-order valence-electron chi connectivity index (χ1n) is 9.86. The van der Waals surface area contributed by atoms with Crippen LogP contribution in [0.15, 0.2) is 0 Å². The van der Waals surface area contributed by atoms with Crippen LogP contribution in [-0.4, -0.2) is 24.8 Å². The molecule has 2 nitrogen and oxygen atoms in total. The van der Waals surface area contributed by atoms with E-state index in [2.05, 4.69) is 27.7 Å². The molecule has 0 amide bonds. The minimum absolute atomic E-state index is 0.134. The first kappa shape index (κ1) is 22.3. The summed E-state index contributed by atoms with van der Waals surface area (Å²) in [5, 5.41) is 0. The fourth-order valence-electron chi connectivity index (χ4n) is 3.01. The number of carbonyl (C=O) groups excluding carboxylic acids is 1. The van der Waals surface area contributed by atoms with E-state index < -0.39 is 18.8 Å². The molecule has 0 saturated heterocycles. The van der Waals surface area contributed by atoms with Crippen molar-refractivity contribution < 1.29 is 7.87 Å². The second-order valence-corrected chi connectivity index (χ2v) is 18.4. The van der Waals surface area contributed by atoms with E-state index in [0.29, 0.717) is 6.42 Å². The number of hydrogen-bond acceptors (Lipinski definition) is 2. The van der Waals surface area contributed by atoms with Crippen LogP contribution in [0.2, 0.25) is 13.3 Å². The van der Waals surface area contributed by atoms with E-state index in [4.69, 9.17) is 3.07 Å². The van der Waals surface area contributed by atoms with Gasteiger partial charge in [-0.05, 0) is 0 Å². The Morgan fingerprint density at radius 3 is 1.55 bits per heavy atom. The molecule has 0 atom stereocenters. The van der Waals surface area contributed by atoms with Gasteiger partial charge in [-0.2, -0.15) is 0 Å². The van der Waals surface area contributed by atoms with Crippen LogP contribution in [-0.2, 0) is 7.87 Å². The Balaban J connectivity index is 4.58. The van der Waals surface area contributed by atoms with Gasteiger partial charge in [0.05, 0.1) is 0 Å². The van der Waals surface area contributed by atoms with Gasteiger partial charge in [0.2, 0.25) is 0 Å². The molecule has 0 aliphatic carbocycles. The molecule has 0 aliphatic heterocycles. The van der Waals surface area contributed by atoms with Crippen molar-refractivity contribution in [2.75, 3.05) is 0 Å². The SMILES string of the molecule is CCCCCCC(=O)[O][Sn]([CH2]CCC)([CH2]CCC)[CH2]CCC. The van der Waals surface area contributed by atoms with Gasteiger partial charge in [-0.15, -0.1) is 0 Å². The fraction of sp³-hybridized carbons (Fsp3) is 0.947. The van der Waals surface area contributed by atoms with Crippen LogP contribution >= 0.6 is 0 Å². The zero-order valence-corrected chi connectivity index (χ0v) is 18.6. The Kier molecular flexibility index (Phi) is 15.0. The molecular weight excluding hydrogens is 379 g/mol. The zero-order chi connectivity index (χ0) is 16.7. The number of unbranched alkanes of at least 4 members (excludes halogenated alkanes) is 6. The van der Waals surface area contributed by atoms with E-state index in [0.717, 1.165) is 6.42 Å². The first-order valence-corrected chi connectivity index (χ1v) is 17.1. The van der Waals surface area contributed by atoms with Crippen molar-refractivity contribution in [3.8, 4) is 0 Å². The van der Waals surface area contributed by atoms with E-state index in [9.17, 15) is 4.79 Å². The maximum absolute atomic E-state index is 12.3. The predicted octanol–water partition coefficient (Wildman–Crippen LogP) is 6.85. The summed E-state index contributed by atoms with van der Waals surface area (Å²) in [5.41, 5.74) is 0. The number of hydrogen-bond donors (Lipinski definition) is 0. The molecule has 0 spiro atoms. The summed E-state index contributed by atoms with van der Waals surface area (Å²) in [6.07, 6.45) is 12.8. The Bertz CT molecular complexity index is 244. The van der Waals surface area contributed by atoms with Crippen molar-refractivity contribution in [2.45, 2.75) is 112 Å². The van der Waals surface area contributed by atoms with Crippen molar-refractivity contribution >= 4 is 24.8 Å². The van der Waals surface area contributed by atoms with Crippen molar-refractivity contribution in [3.05, 3.63) is 0 Å². The van der Waals surface area contributed by atoms with Gasteiger partial charge in [0.1, 0.15) is 0 Å². The maximum atomic E-state index is 12.3. The van der Waals surface area contributed by atoms with Crippen LogP contribution in [0.5, 0.6) is 0 Å². The molecule has 0 aromatic rings. The summed E-state index contributed by atoms with van der Waals surface area (Å²) in [6, 6.07) is 0. The van der Waals surface area contributed by atoms with Crippen LogP contribution in [0.25, 0.3) is 0 Å². The Morgan fingerprint density at radius 1 is 0.682 bits per heavy atom. The van der Waals surface area contributed by atoms with Crippen LogP contribution in [0.3, 0.4) is 0 Å². The third-order valence-electron chi connectivity index (χ3n) is 4.52. The summed E-state index contributed by atoms with van der Waals surface area (Å²) in [7, 11) is 0. The average Bonchev–Trinajstić information content (AvgIpc) is 2.53. The van der Waals surface area contributed by atoms with Crippen LogP contribution in [0.1, 0.15) is 98.3 Å². The second kappa shape index (κ2) is 14.8. The molecule has 0 aromatic carbocycles. The molecule has 22 heavy (non-hydrogen) atoms. The molecule has 0 unspecified atom stereocenters. The summed E-state index contributed by atoms with van der Waals surface area (Å²) in [5.74, 6) is 0.134. The van der Waals surface area contributed by atoms with Gasteiger partial charge in [-0.1, -0.05) is 0 Å². The van der Waals surface area contributed by atoms with Crippen LogP contribution in [0.4, 0.5) is 0 Å². The average molecular weight is 419 g/mol.